The summed E-state index contributed by atoms with van der Waals surface area (Å²) in [5, 5.41) is 18.7. The second-order valence-corrected chi connectivity index (χ2v) is 8.51. The van der Waals surface area contributed by atoms with Gasteiger partial charge >= 0.3 is 11.9 Å². The minimum atomic E-state index is -1.04. The summed E-state index contributed by atoms with van der Waals surface area (Å²) in [7, 11) is 0. The van der Waals surface area contributed by atoms with Crippen molar-refractivity contribution in [2.75, 3.05) is 23.8 Å². The molecule has 0 spiro atoms. The molecule has 10 heteroatoms. The highest BCUT2D eigenvalue weighted by atomic mass is 32.1. The number of ether oxygens (including phenoxy) is 1. The quantitative estimate of drug-likeness (QED) is 0.234. The van der Waals surface area contributed by atoms with Crippen LogP contribution in [0, 0.1) is 6.92 Å². The van der Waals surface area contributed by atoms with Gasteiger partial charge < -0.3 is 25.8 Å². The average Bonchev–Trinajstić information content (AvgIpc) is 3.14. The van der Waals surface area contributed by atoms with E-state index in [1.54, 1.807) is 38.1 Å². The summed E-state index contributed by atoms with van der Waals surface area (Å²) in [6, 6.07) is 6.02. The largest absolute Gasteiger partial charge is 0.480 e. The van der Waals surface area contributed by atoms with E-state index in [-0.39, 0.29) is 12.3 Å². The summed E-state index contributed by atoms with van der Waals surface area (Å²) in [5.74, 6) is -1.81. The summed E-state index contributed by atoms with van der Waals surface area (Å²) in [4.78, 5) is 40.5. The monoisotopic (exact) mass is 476 g/mol. The summed E-state index contributed by atoms with van der Waals surface area (Å²) in [6.07, 6.45) is 3.98. The van der Waals surface area contributed by atoms with Gasteiger partial charge in [-0.05, 0) is 51.1 Å². The third kappa shape index (κ3) is 8.82. The molecule has 0 aliphatic rings. The molecule has 0 radical (unpaired) electrons. The van der Waals surface area contributed by atoms with Crippen molar-refractivity contribution in [1.82, 2.24) is 10.3 Å². The van der Waals surface area contributed by atoms with Gasteiger partial charge in [0.2, 0.25) is 5.91 Å². The number of esters is 1. The zero-order chi connectivity index (χ0) is 24.2. The topological polar surface area (TPSA) is 130 Å². The first-order valence-corrected chi connectivity index (χ1v) is 11.9. The molecule has 0 saturated carbocycles. The molecule has 0 fully saturated rings. The zero-order valence-corrected chi connectivity index (χ0v) is 20.1. The molecular weight excluding hydrogens is 444 g/mol. The van der Waals surface area contributed by atoms with E-state index in [0.717, 1.165) is 31.4 Å². The maximum absolute atomic E-state index is 12.3. The lowest BCUT2D eigenvalue weighted by molar-refractivity contribution is -0.141. The van der Waals surface area contributed by atoms with Crippen molar-refractivity contribution in [2.24, 2.45) is 0 Å². The van der Waals surface area contributed by atoms with Crippen LogP contribution >= 0.6 is 11.3 Å². The SMILES string of the molecule is CCCCCCNC(CC(=O)Nc1ccc(Nc2nc(C)c(C(=O)OCC)s2)cc1)C(=O)O. The summed E-state index contributed by atoms with van der Waals surface area (Å²) >= 11 is 1.21. The maximum atomic E-state index is 12.3. The number of aryl methyl sites for hydroxylation is 1. The molecule has 1 heterocycles. The lowest BCUT2D eigenvalue weighted by Gasteiger charge is -2.14. The molecule has 1 aromatic carbocycles. The smallest absolute Gasteiger partial charge is 0.350 e. The molecule has 180 valence electrons. The van der Waals surface area contributed by atoms with Crippen LogP contribution in [0.5, 0.6) is 0 Å². The molecule has 1 atom stereocenters. The van der Waals surface area contributed by atoms with E-state index < -0.39 is 18.0 Å². The number of unbranched alkanes of at least 4 members (excludes halogenated alkanes) is 3. The first-order chi connectivity index (χ1) is 15.8. The van der Waals surface area contributed by atoms with Gasteiger partial charge in [-0.15, -0.1) is 0 Å². The van der Waals surface area contributed by atoms with Crippen LogP contribution < -0.4 is 16.0 Å². The predicted octanol–water partition coefficient (Wildman–Crippen LogP) is 4.32. The predicted molar refractivity (Wildman–Crippen MR) is 129 cm³/mol. The summed E-state index contributed by atoms with van der Waals surface area (Å²) < 4.78 is 5.03. The molecule has 2 aromatic rings. The van der Waals surface area contributed by atoms with E-state index in [4.69, 9.17) is 4.74 Å². The number of carbonyl (C=O) groups is 3. The second kappa shape index (κ2) is 13.5. The van der Waals surface area contributed by atoms with Crippen molar-refractivity contribution in [2.45, 2.75) is 58.9 Å². The minimum Gasteiger partial charge on any atom is -0.480 e. The number of nitrogens with one attached hydrogen (secondary N) is 3. The van der Waals surface area contributed by atoms with Crippen LogP contribution in [-0.4, -0.2) is 47.1 Å². The number of aromatic nitrogens is 1. The van der Waals surface area contributed by atoms with Crippen molar-refractivity contribution >= 4 is 45.7 Å². The average molecular weight is 477 g/mol. The van der Waals surface area contributed by atoms with E-state index in [0.29, 0.717) is 34.5 Å². The van der Waals surface area contributed by atoms with Gasteiger partial charge in [0.05, 0.1) is 18.7 Å². The zero-order valence-electron chi connectivity index (χ0n) is 19.3. The number of benzene rings is 1. The molecule has 9 nitrogen and oxygen atoms in total. The lowest BCUT2D eigenvalue weighted by Crippen LogP contribution is -2.40. The first-order valence-electron chi connectivity index (χ1n) is 11.1. The van der Waals surface area contributed by atoms with Crippen molar-refractivity contribution in [1.29, 1.82) is 0 Å². The number of carbonyl (C=O) groups excluding carboxylic acids is 2. The molecule has 4 N–H and O–H groups in total. The normalized spacial score (nSPS) is 11.6. The Kier molecular flexibility index (Phi) is 10.8. The number of hydrogen-bond donors (Lipinski definition) is 4. The maximum Gasteiger partial charge on any atom is 0.350 e. The number of carboxylic acids is 1. The standard InChI is InChI=1S/C23H32N4O5S/c1-4-6-7-8-13-24-18(21(29)30)14-19(28)26-16-9-11-17(12-10-16)27-23-25-15(3)20(33-23)22(31)32-5-2/h9-12,18,24H,4-8,13-14H2,1-3H3,(H,25,27)(H,26,28)(H,29,30). The Morgan fingerprint density at radius 3 is 2.42 bits per heavy atom. The van der Waals surface area contributed by atoms with Gasteiger partial charge in [-0.25, -0.2) is 9.78 Å². The molecule has 0 bridgehead atoms. The van der Waals surface area contributed by atoms with Gasteiger partial charge in [0, 0.05) is 11.4 Å². The van der Waals surface area contributed by atoms with E-state index in [1.165, 1.54) is 11.3 Å². The number of nitrogens with zero attached hydrogens (tertiary/aromatic N) is 1. The van der Waals surface area contributed by atoms with Crippen molar-refractivity contribution < 1.29 is 24.2 Å². The van der Waals surface area contributed by atoms with Crippen molar-refractivity contribution in [3.05, 3.63) is 34.8 Å². The fourth-order valence-electron chi connectivity index (χ4n) is 3.07. The van der Waals surface area contributed by atoms with Crippen molar-refractivity contribution in [3.63, 3.8) is 0 Å². The van der Waals surface area contributed by atoms with Crippen LogP contribution in [0.2, 0.25) is 0 Å². The highest BCUT2D eigenvalue weighted by Gasteiger charge is 2.20. The number of rotatable bonds is 14. The number of amides is 1. The number of carboxylic acid groups (broad SMARTS) is 1. The first kappa shape index (κ1) is 26.3. The summed E-state index contributed by atoms with van der Waals surface area (Å²) in [5.41, 5.74) is 1.88. The Morgan fingerprint density at radius 1 is 1.09 bits per heavy atom. The molecule has 0 saturated heterocycles. The minimum absolute atomic E-state index is 0.155. The third-order valence-electron chi connectivity index (χ3n) is 4.79. The van der Waals surface area contributed by atoms with Crippen LogP contribution in [0.4, 0.5) is 16.5 Å². The fourth-order valence-corrected chi connectivity index (χ4v) is 3.95. The van der Waals surface area contributed by atoms with E-state index in [2.05, 4.69) is 27.9 Å². The van der Waals surface area contributed by atoms with Crippen molar-refractivity contribution in [3.8, 4) is 0 Å². The Balaban J connectivity index is 1.88. The van der Waals surface area contributed by atoms with Crippen LogP contribution in [-0.2, 0) is 14.3 Å². The Bertz CT molecular complexity index is 929. The number of anilines is 3. The van der Waals surface area contributed by atoms with Gasteiger partial charge in [0.25, 0.3) is 0 Å². The molecule has 0 aliphatic carbocycles. The number of thiazole rings is 1. The van der Waals surface area contributed by atoms with E-state index in [9.17, 15) is 19.5 Å². The Labute approximate surface area is 197 Å². The molecular formula is C23H32N4O5S. The van der Waals surface area contributed by atoms with Gasteiger partial charge in [0.1, 0.15) is 10.9 Å². The van der Waals surface area contributed by atoms with Crippen LogP contribution in [0.15, 0.2) is 24.3 Å². The van der Waals surface area contributed by atoms with Crippen LogP contribution in [0.1, 0.15) is 61.3 Å². The third-order valence-corrected chi connectivity index (χ3v) is 5.84. The van der Waals surface area contributed by atoms with Gasteiger partial charge in [-0.1, -0.05) is 37.5 Å². The fraction of sp³-hybridized carbons (Fsp3) is 0.478. The molecule has 1 unspecified atom stereocenters. The molecule has 0 aliphatic heterocycles. The van der Waals surface area contributed by atoms with Gasteiger partial charge in [0.15, 0.2) is 5.13 Å². The molecule has 1 amide bonds. The van der Waals surface area contributed by atoms with Crippen LogP contribution in [0.25, 0.3) is 0 Å². The van der Waals surface area contributed by atoms with E-state index >= 15 is 0 Å². The van der Waals surface area contributed by atoms with Gasteiger partial charge in [-0.2, -0.15) is 0 Å². The molecule has 1 aromatic heterocycles. The molecule has 2 rings (SSSR count). The molecule has 33 heavy (non-hydrogen) atoms. The Morgan fingerprint density at radius 2 is 1.79 bits per heavy atom. The lowest BCUT2D eigenvalue weighted by atomic mass is 10.1. The Hall–Kier alpha value is -2.98. The van der Waals surface area contributed by atoms with Gasteiger partial charge in [-0.3, -0.25) is 9.59 Å². The highest BCUT2D eigenvalue weighted by molar-refractivity contribution is 7.17. The summed E-state index contributed by atoms with van der Waals surface area (Å²) in [6.45, 7) is 6.48. The number of aliphatic carboxylic acids is 1. The second-order valence-electron chi connectivity index (χ2n) is 7.51. The van der Waals surface area contributed by atoms with Crippen LogP contribution in [0.3, 0.4) is 0 Å². The number of hydrogen-bond acceptors (Lipinski definition) is 8. The highest BCUT2D eigenvalue weighted by Crippen LogP contribution is 2.27. The van der Waals surface area contributed by atoms with E-state index in [1.807, 2.05) is 0 Å².